The van der Waals surface area contributed by atoms with Gasteiger partial charge >= 0.3 is 0 Å². The molecule has 2 N–H and O–H groups in total. The first kappa shape index (κ1) is 13.3. The van der Waals surface area contributed by atoms with Gasteiger partial charge < -0.3 is 5.73 Å². The van der Waals surface area contributed by atoms with Crippen LogP contribution in [0.4, 0.5) is 0 Å². The largest absolute Gasteiger partial charge is 0.319 e. The molecular formula is C12H18BrN5. The maximum Gasteiger partial charge on any atom is 0.0768 e. The van der Waals surface area contributed by atoms with E-state index in [0.29, 0.717) is 0 Å². The number of rotatable bonds is 3. The van der Waals surface area contributed by atoms with Crippen molar-refractivity contribution < 1.29 is 0 Å². The molecular weight excluding hydrogens is 294 g/mol. The summed E-state index contributed by atoms with van der Waals surface area (Å²) in [5.41, 5.74) is 9.34. The Labute approximate surface area is 115 Å². The molecule has 0 aliphatic rings. The average molecular weight is 312 g/mol. The lowest BCUT2D eigenvalue weighted by Gasteiger charge is -2.17. The molecule has 0 aromatic carbocycles. The Morgan fingerprint density at radius 3 is 2.56 bits per heavy atom. The van der Waals surface area contributed by atoms with Crippen molar-refractivity contribution in [1.82, 2.24) is 19.6 Å². The minimum atomic E-state index is -0.224. The van der Waals surface area contributed by atoms with Crippen LogP contribution >= 0.6 is 15.9 Å². The minimum Gasteiger partial charge on any atom is -0.319 e. The molecule has 2 aromatic heterocycles. The summed E-state index contributed by atoms with van der Waals surface area (Å²) in [7, 11) is 1.90. The number of aryl methyl sites for hydroxylation is 2. The lowest BCUT2D eigenvalue weighted by molar-refractivity contribution is 0.498. The standard InChI is InChI=1S/C12H18BrN5/c1-7(2)18-12(10(13)5-15-18)11(14)9-6-17(4)16-8(9)3/h5-7,11H,14H2,1-4H3. The van der Waals surface area contributed by atoms with Crippen LogP contribution in [0.5, 0.6) is 0 Å². The number of nitrogens with zero attached hydrogens (tertiary/aromatic N) is 4. The van der Waals surface area contributed by atoms with E-state index in [9.17, 15) is 0 Å². The van der Waals surface area contributed by atoms with Crippen LogP contribution in [0.15, 0.2) is 16.9 Å². The molecule has 0 aliphatic heterocycles. The molecule has 0 amide bonds. The van der Waals surface area contributed by atoms with Gasteiger partial charge in [0, 0.05) is 24.8 Å². The highest BCUT2D eigenvalue weighted by molar-refractivity contribution is 9.10. The predicted molar refractivity (Wildman–Crippen MR) is 74.3 cm³/mol. The van der Waals surface area contributed by atoms with Gasteiger partial charge in [-0.3, -0.25) is 9.36 Å². The zero-order chi connectivity index (χ0) is 13.4. The molecule has 98 valence electrons. The van der Waals surface area contributed by atoms with Crippen molar-refractivity contribution in [3.8, 4) is 0 Å². The highest BCUT2D eigenvalue weighted by Crippen LogP contribution is 2.29. The van der Waals surface area contributed by atoms with Crippen molar-refractivity contribution >= 4 is 15.9 Å². The van der Waals surface area contributed by atoms with Crippen LogP contribution in [0.1, 0.15) is 42.9 Å². The Morgan fingerprint density at radius 1 is 1.39 bits per heavy atom. The summed E-state index contributed by atoms with van der Waals surface area (Å²) >= 11 is 3.52. The average Bonchev–Trinajstić information content (AvgIpc) is 2.81. The maximum absolute atomic E-state index is 6.37. The monoisotopic (exact) mass is 311 g/mol. The van der Waals surface area contributed by atoms with Gasteiger partial charge in [0.15, 0.2) is 0 Å². The molecule has 2 rings (SSSR count). The van der Waals surface area contributed by atoms with Gasteiger partial charge in [-0.1, -0.05) is 0 Å². The molecule has 2 aromatic rings. The molecule has 5 nitrogen and oxygen atoms in total. The molecule has 0 spiro atoms. The fraction of sp³-hybridized carbons (Fsp3) is 0.500. The van der Waals surface area contributed by atoms with E-state index in [1.54, 1.807) is 10.9 Å². The van der Waals surface area contributed by atoms with Gasteiger partial charge in [0.1, 0.15) is 0 Å². The molecule has 0 saturated heterocycles. The third-order valence-corrected chi connectivity index (χ3v) is 3.57. The smallest absolute Gasteiger partial charge is 0.0768 e. The quantitative estimate of drug-likeness (QED) is 0.946. The van der Waals surface area contributed by atoms with Crippen LogP contribution < -0.4 is 5.73 Å². The zero-order valence-corrected chi connectivity index (χ0v) is 12.6. The second-order valence-corrected chi connectivity index (χ2v) is 5.59. The molecule has 0 radical (unpaired) electrons. The number of hydrogen-bond donors (Lipinski definition) is 1. The van der Waals surface area contributed by atoms with E-state index in [2.05, 4.69) is 40.0 Å². The third-order valence-electron chi connectivity index (χ3n) is 2.96. The Morgan fingerprint density at radius 2 is 2.06 bits per heavy atom. The summed E-state index contributed by atoms with van der Waals surface area (Å²) in [5.74, 6) is 0. The predicted octanol–water partition coefficient (Wildman–Crippen LogP) is 2.32. The third kappa shape index (κ3) is 2.22. The van der Waals surface area contributed by atoms with Crippen LogP contribution in [0, 0.1) is 6.92 Å². The van der Waals surface area contributed by atoms with E-state index in [0.717, 1.165) is 21.4 Å². The fourth-order valence-electron chi connectivity index (χ4n) is 2.12. The van der Waals surface area contributed by atoms with E-state index in [1.807, 2.05) is 24.9 Å². The molecule has 18 heavy (non-hydrogen) atoms. The van der Waals surface area contributed by atoms with Crippen molar-refractivity contribution in [2.24, 2.45) is 12.8 Å². The second-order valence-electron chi connectivity index (χ2n) is 4.74. The number of aromatic nitrogens is 4. The van der Waals surface area contributed by atoms with Crippen LogP contribution in [0.25, 0.3) is 0 Å². The minimum absolute atomic E-state index is 0.224. The number of halogens is 1. The van der Waals surface area contributed by atoms with E-state index in [-0.39, 0.29) is 12.1 Å². The SMILES string of the molecule is Cc1nn(C)cc1C(N)c1c(Br)cnn1C(C)C. The van der Waals surface area contributed by atoms with Gasteiger partial charge in [-0.25, -0.2) is 0 Å². The molecule has 0 bridgehead atoms. The lowest BCUT2D eigenvalue weighted by Crippen LogP contribution is -2.19. The van der Waals surface area contributed by atoms with Gasteiger partial charge in [0.2, 0.25) is 0 Å². The molecule has 1 atom stereocenters. The molecule has 0 fully saturated rings. The summed E-state index contributed by atoms with van der Waals surface area (Å²) < 4.78 is 4.67. The van der Waals surface area contributed by atoms with Gasteiger partial charge in [-0.15, -0.1) is 0 Å². The van der Waals surface area contributed by atoms with Gasteiger partial charge in [-0.2, -0.15) is 10.2 Å². The molecule has 0 aliphatic carbocycles. The van der Waals surface area contributed by atoms with E-state index in [1.165, 1.54) is 0 Å². The number of hydrogen-bond acceptors (Lipinski definition) is 3. The van der Waals surface area contributed by atoms with Crippen LogP contribution in [0.3, 0.4) is 0 Å². The van der Waals surface area contributed by atoms with Gasteiger partial charge in [0.25, 0.3) is 0 Å². The first-order valence-corrected chi connectivity index (χ1v) is 6.69. The zero-order valence-electron chi connectivity index (χ0n) is 11.1. The van der Waals surface area contributed by atoms with Gasteiger partial charge in [0.05, 0.1) is 28.1 Å². The van der Waals surface area contributed by atoms with Crippen LogP contribution in [-0.4, -0.2) is 19.6 Å². The highest BCUT2D eigenvalue weighted by Gasteiger charge is 2.22. The molecule has 1 unspecified atom stereocenters. The molecule has 2 heterocycles. The summed E-state index contributed by atoms with van der Waals surface area (Å²) in [6, 6.07) is 0.0484. The Bertz CT molecular complexity index is 555. The van der Waals surface area contributed by atoms with E-state index < -0.39 is 0 Å². The van der Waals surface area contributed by atoms with E-state index in [4.69, 9.17) is 5.73 Å². The first-order valence-electron chi connectivity index (χ1n) is 5.90. The Balaban J connectivity index is 2.48. The lowest BCUT2D eigenvalue weighted by atomic mass is 10.1. The maximum atomic E-state index is 6.37. The van der Waals surface area contributed by atoms with E-state index >= 15 is 0 Å². The van der Waals surface area contributed by atoms with Crippen LogP contribution in [-0.2, 0) is 7.05 Å². The fourth-order valence-corrected chi connectivity index (χ4v) is 2.64. The summed E-state index contributed by atoms with van der Waals surface area (Å²) in [4.78, 5) is 0. The summed E-state index contributed by atoms with van der Waals surface area (Å²) in [6.45, 7) is 6.15. The van der Waals surface area contributed by atoms with Gasteiger partial charge in [-0.05, 0) is 36.7 Å². The normalized spacial score (nSPS) is 13.3. The van der Waals surface area contributed by atoms with Crippen molar-refractivity contribution in [3.63, 3.8) is 0 Å². The number of nitrogens with two attached hydrogens (primary N) is 1. The van der Waals surface area contributed by atoms with Crippen LogP contribution in [0.2, 0.25) is 0 Å². The molecule has 0 saturated carbocycles. The second kappa shape index (κ2) is 4.85. The topological polar surface area (TPSA) is 61.7 Å². The van der Waals surface area contributed by atoms with Crippen molar-refractivity contribution in [1.29, 1.82) is 0 Å². The highest BCUT2D eigenvalue weighted by atomic mass is 79.9. The molecule has 6 heteroatoms. The van der Waals surface area contributed by atoms with Crippen molar-refractivity contribution in [2.45, 2.75) is 32.9 Å². The van der Waals surface area contributed by atoms with Crippen molar-refractivity contribution in [3.05, 3.63) is 33.8 Å². The summed E-state index contributed by atoms with van der Waals surface area (Å²) in [5, 5.41) is 8.70. The first-order chi connectivity index (χ1) is 8.41. The Hall–Kier alpha value is -1.14. The summed E-state index contributed by atoms with van der Waals surface area (Å²) in [6.07, 6.45) is 3.75. The Kier molecular flexibility index (Phi) is 3.59. The van der Waals surface area contributed by atoms with Crippen molar-refractivity contribution in [2.75, 3.05) is 0 Å².